The summed E-state index contributed by atoms with van der Waals surface area (Å²) in [5.74, 6) is 0. The number of rotatable bonds is 0. The summed E-state index contributed by atoms with van der Waals surface area (Å²) in [4.78, 5) is 3.39. The van der Waals surface area contributed by atoms with Crippen molar-refractivity contribution in [2.45, 2.75) is 0 Å². The molecule has 0 atom stereocenters. The Morgan fingerprint density at radius 1 is 1.27 bits per heavy atom. The number of benzene rings is 1. The number of anilines is 1. The Hall–Kier alpha value is -1.51. The van der Waals surface area contributed by atoms with Gasteiger partial charge in [-0.1, -0.05) is 18.2 Å². The van der Waals surface area contributed by atoms with Gasteiger partial charge in [-0.25, -0.2) is 0 Å². The second-order valence-electron chi connectivity index (χ2n) is 1.82. The first-order valence-corrected chi connectivity index (χ1v) is 3.24. The first-order chi connectivity index (χ1) is 5.31. The second-order valence-corrected chi connectivity index (χ2v) is 1.82. The molecule has 3 nitrogen and oxygen atoms in total. The third-order valence-electron chi connectivity index (χ3n) is 0.949. The molecular weight excluding hydrogens is 138 g/mol. The number of aliphatic imine (C=N–C) groups is 1. The molecule has 60 valence electrons. The van der Waals surface area contributed by atoms with Crippen LogP contribution in [0.4, 0.5) is 5.69 Å². The van der Waals surface area contributed by atoms with Gasteiger partial charge in [-0.05, 0) is 12.1 Å². The van der Waals surface area contributed by atoms with E-state index in [1.54, 1.807) is 7.05 Å². The summed E-state index contributed by atoms with van der Waals surface area (Å²) in [6.45, 7) is 0. The van der Waals surface area contributed by atoms with Gasteiger partial charge < -0.3 is 11.5 Å². The van der Waals surface area contributed by atoms with Crippen molar-refractivity contribution in [3.63, 3.8) is 0 Å². The van der Waals surface area contributed by atoms with Crippen LogP contribution in [0.5, 0.6) is 0 Å². The van der Waals surface area contributed by atoms with Crippen LogP contribution in [0.2, 0.25) is 0 Å². The second kappa shape index (κ2) is 6.61. The van der Waals surface area contributed by atoms with Crippen LogP contribution in [-0.4, -0.2) is 13.4 Å². The van der Waals surface area contributed by atoms with Crippen molar-refractivity contribution in [3.05, 3.63) is 30.3 Å². The highest BCUT2D eigenvalue weighted by Gasteiger charge is 1.72. The van der Waals surface area contributed by atoms with Gasteiger partial charge >= 0.3 is 0 Å². The number of hydrogen-bond acceptors (Lipinski definition) is 2. The summed E-state index contributed by atoms with van der Waals surface area (Å²) in [7, 11) is 1.62. The fourth-order valence-electron chi connectivity index (χ4n) is 0.453. The van der Waals surface area contributed by atoms with Gasteiger partial charge in [0.2, 0.25) is 0 Å². The van der Waals surface area contributed by atoms with Gasteiger partial charge in [-0.15, -0.1) is 0 Å². The van der Waals surface area contributed by atoms with E-state index in [0.717, 1.165) is 5.69 Å². The molecule has 0 radical (unpaired) electrons. The minimum atomic E-state index is 0.822. The summed E-state index contributed by atoms with van der Waals surface area (Å²) in [5.41, 5.74) is 10.9. The third-order valence-corrected chi connectivity index (χ3v) is 0.949. The van der Waals surface area contributed by atoms with Crippen LogP contribution >= 0.6 is 0 Å². The predicted molar refractivity (Wildman–Crippen MR) is 49.5 cm³/mol. The molecule has 1 rings (SSSR count). The van der Waals surface area contributed by atoms with Gasteiger partial charge in [0.15, 0.2) is 0 Å². The summed E-state index contributed by atoms with van der Waals surface area (Å²) in [6.07, 6.45) is 1.25. The van der Waals surface area contributed by atoms with E-state index >= 15 is 0 Å². The molecule has 0 unspecified atom stereocenters. The first-order valence-electron chi connectivity index (χ1n) is 3.24. The van der Waals surface area contributed by atoms with Crippen molar-refractivity contribution in [2.24, 2.45) is 10.7 Å². The molecular formula is C8H13N3. The molecule has 0 bridgehead atoms. The minimum Gasteiger partial charge on any atom is -0.399 e. The standard InChI is InChI=1S/C6H7N.C2H6N2/c7-6-4-2-1-3-5-6;1-4-2-3/h1-5H,7H2;2H,1H3,(H2,3,4). The summed E-state index contributed by atoms with van der Waals surface area (Å²) in [6, 6.07) is 9.49. The van der Waals surface area contributed by atoms with Gasteiger partial charge in [0.1, 0.15) is 0 Å². The molecule has 0 amide bonds. The number of nitrogens with two attached hydrogens (primary N) is 2. The highest BCUT2D eigenvalue weighted by molar-refractivity contribution is 5.50. The van der Waals surface area contributed by atoms with E-state index in [1.165, 1.54) is 6.34 Å². The van der Waals surface area contributed by atoms with E-state index in [0.29, 0.717) is 0 Å². The number of nitrogen functional groups attached to an aromatic ring is 1. The van der Waals surface area contributed by atoms with Crippen LogP contribution in [0.3, 0.4) is 0 Å². The molecule has 0 heterocycles. The van der Waals surface area contributed by atoms with Gasteiger partial charge in [0, 0.05) is 12.7 Å². The number of para-hydroxylation sites is 1. The van der Waals surface area contributed by atoms with E-state index in [-0.39, 0.29) is 0 Å². The van der Waals surface area contributed by atoms with Gasteiger partial charge in [-0.2, -0.15) is 0 Å². The lowest BCUT2D eigenvalue weighted by atomic mass is 10.3. The van der Waals surface area contributed by atoms with Crippen LogP contribution in [0.25, 0.3) is 0 Å². The quantitative estimate of drug-likeness (QED) is 0.328. The Balaban J connectivity index is 0.000000218. The zero-order valence-electron chi connectivity index (χ0n) is 6.57. The Morgan fingerprint density at radius 3 is 1.91 bits per heavy atom. The lowest BCUT2D eigenvalue weighted by Gasteiger charge is -1.83. The molecule has 0 fully saturated rings. The van der Waals surface area contributed by atoms with Crippen molar-refractivity contribution in [1.29, 1.82) is 0 Å². The summed E-state index contributed by atoms with van der Waals surface area (Å²) in [5, 5.41) is 0. The Kier molecular flexibility index (Phi) is 5.70. The summed E-state index contributed by atoms with van der Waals surface area (Å²) < 4.78 is 0. The monoisotopic (exact) mass is 151 g/mol. The molecule has 0 aliphatic heterocycles. The maximum Gasteiger partial charge on any atom is 0.0794 e. The zero-order valence-corrected chi connectivity index (χ0v) is 6.57. The molecule has 0 saturated carbocycles. The Labute approximate surface area is 66.7 Å². The van der Waals surface area contributed by atoms with Gasteiger partial charge in [0.05, 0.1) is 6.34 Å². The SMILES string of the molecule is CN=CN.Nc1ccccc1. The maximum atomic E-state index is 5.36. The van der Waals surface area contributed by atoms with Crippen molar-refractivity contribution in [3.8, 4) is 0 Å². The number of nitrogens with zero attached hydrogens (tertiary/aromatic N) is 1. The maximum absolute atomic E-state index is 5.36. The highest BCUT2D eigenvalue weighted by atomic mass is 14.7. The molecule has 11 heavy (non-hydrogen) atoms. The fraction of sp³-hybridized carbons (Fsp3) is 0.125. The number of hydrogen-bond donors (Lipinski definition) is 2. The lowest BCUT2D eigenvalue weighted by molar-refractivity contribution is 1.45. The largest absolute Gasteiger partial charge is 0.399 e. The molecule has 0 aliphatic carbocycles. The van der Waals surface area contributed by atoms with Crippen LogP contribution in [-0.2, 0) is 0 Å². The molecule has 1 aromatic carbocycles. The zero-order chi connectivity index (χ0) is 8.53. The van der Waals surface area contributed by atoms with E-state index in [1.807, 2.05) is 30.3 Å². The molecule has 3 heteroatoms. The smallest absolute Gasteiger partial charge is 0.0794 e. The minimum absolute atomic E-state index is 0.822. The molecule has 0 aromatic heterocycles. The average Bonchev–Trinajstić information content (AvgIpc) is 2.07. The summed E-state index contributed by atoms with van der Waals surface area (Å²) >= 11 is 0. The molecule has 0 aliphatic rings. The van der Waals surface area contributed by atoms with Crippen molar-refractivity contribution in [1.82, 2.24) is 0 Å². The molecule has 0 spiro atoms. The van der Waals surface area contributed by atoms with Crippen LogP contribution in [0.1, 0.15) is 0 Å². The van der Waals surface area contributed by atoms with Crippen molar-refractivity contribution < 1.29 is 0 Å². The molecule has 4 N–H and O–H groups in total. The first kappa shape index (κ1) is 9.49. The molecule has 1 aromatic rings. The fourth-order valence-corrected chi connectivity index (χ4v) is 0.453. The van der Waals surface area contributed by atoms with Crippen LogP contribution in [0, 0.1) is 0 Å². The van der Waals surface area contributed by atoms with E-state index in [9.17, 15) is 0 Å². The normalized spacial score (nSPS) is 8.82. The van der Waals surface area contributed by atoms with E-state index in [2.05, 4.69) is 4.99 Å². The van der Waals surface area contributed by atoms with Crippen LogP contribution < -0.4 is 11.5 Å². The predicted octanol–water partition coefficient (Wildman–Crippen LogP) is 0.872. The van der Waals surface area contributed by atoms with Crippen molar-refractivity contribution in [2.75, 3.05) is 12.8 Å². The Morgan fingerprint density at radius 2 is 1.73 bits per heavy atom. The van der Waals surface area contributed by atoms with Crippen molar-refractivity contribution >= 4 is 12.0 Å². The topological polar surface area (TPSA) is 64.4 Å². The van der Waals surface area contributed by atoms with Gasteiger partial charge in [0.25, 0.3) is 0 Å². The van der Waals surface area contributed by atoms with Crippen LogP contribution in [0.15, 0.2) is 35.3 Å². The van der Waals surface area contributed by atoms with E-state index < -0.39 is 0 Å². The average molecular weight is 151 g/mol. The Bertz CT molecular complexity index is 190. The van der Waals surface area contributed by atoms with E-state index in [4.69, 9.17) is 11.5 Å². The third kappa shape index (κ3) is 6.37. The molecule has 0 saturated heterocycles. The lowest BCUT2D eigenvalue weighted by Crippen LogP contribution is -1.84. The van der Waals surface area contributed by atoms with Gasteiger partial charge in [-0.3, -0.25) is 4.99 Å². The highest BCUT2D eigenvalue weighted by Crippen LogP contribution is 1.95.